The fraction of sp³-hybridized carbons (Fsp3) is 0.278. The predicted molar refractivity (Wildman–Crippen MR) is 86.2 cm³/mol. The van der Waals surface area contributed by atoms with E-state index in [1.165, 1.54) is 12.1 Å². The molecule has 2 rings (SSSR count). The van der Waals surface area contributed by atoms with E-state index in [0.29, 0.717) is 12.3 Å². The number of ether oxygens (including phenoxy) is 2. The summed E-state index contributed by atoms with van der Waals surface area (Å²) >= 11 is 0. The molecular weight excluding hydrogens is 297 g/mol. The maximum Gasteiger partial charge on any atom is 0.224 e. The highest BCUT2D eigenvalue weighted by Gasteiger charge is 2.14. The van der Waals surface area contributed by atoms with Gasteiger partial charge in [-0.15, -0.1) is 0 Å². The first-order chi connectivity index (χ1) is 11.0. The Morgan fingerprint density at radius 1 is 1.09 bits per heavy atom. The summed E-state index contributed by atoms with van der Waals surface area (Å²) in [5.41, 5.74) is 2.50. The van der Waals surface area contributed by atoms with E-state index in [2.05, 4.69) is 5.32 Å². The first-order valence-corrected chi connectivity index (χ1v) is 7.26. The zero-order chi connectivity index (χ0) is 16.8. The van der Waals surface area contributed by atoms with Crippen LogP contribution >= 0.6 is 0 Å². The Kier molecular flexibility index (Phi) is 5.57. The fourth-order valence-electron chi connectivity index (χ4n) is 2.41. The quantitative estimate of drug-likeness (QED) is 0.891. The molecule has 0 atom stereocenters. The van der Waals surface area contributed by atoms with E-state index in [4.69, 9.17) is 9.47 Å². The van der Waals surface area contributed by atoms with Gasteiger partial charge in [0, 0.05) is 17.7 Å². The number of amides is 1. The Bertz CT molecular complexity index is 683. The SMILES string of the molecule is COc1ccc(CC(=O)NCc2ccc(F)cc2)c(OC)c1C. The van der Waals surface area contributed by atoms with Gasteiger partial charge in [-0.2, -0.15) is 0 Å². The average molecular weight is 317 g/mol. The number of benzene rings is 2. The van der Waals surface area contributed by atoms with Gasteiger partial charge < -0.3 is 14.8 Å². The monoisotopic (exact) mass is 317 g/mol. The summed E-state index contributed by atoms with van der Waals surface area (Å²) in [4.78, 5) is 12.1. The van der Waals surface area contributed by atoms with Gasteiger partial charge in [-0.05, 0) is 30.7 Å². The molecule has 2 aromatic carbocycles. The van der Waals surface area contributed by atoms with Crippen molar-refractivity contribution in [1.82, 2.24) is 5.32 Å². The number of rotatable bonds is 6. The van der Waals surface area contributed by atoms with Crippen molar-refractivity contribution in [3.05, 3.63) is 58.9 Å². The zero-order valence-electron chi connectivity index (χ0n) is 13.5. The Morgan fingerprint density at radius 3 is 2.39 bits per heavy atom. The molecule has 0 saturated heterocycles. The topological polar surface area (TPSA) is 47.6 Å². The molecule has 23 heavy (non-hydrogen) atoms. The summed E-state index contributed by atoms with van der Waals surface area (Å²) in [5.74, 6) is 0.953. The molecular formula is C18H20FNO3. The van der Waals surface area contributed by atoms with Crippen molar-refractivity contribution in [3.8, 4) is 11.5 Å². The van der Waals surface area contributed by atoms with Gasteiger partial charge in [0.25, 0.3) is 0 Å². The maximum absolute atomic E-state index is 12.8. The average Bonchev–Trinajstić information content (AvgIpc) is 2.55. The normalized spacial score (nSPS) is 10.3. The molecule has 0 spiro atoms. The van der Waals surface area contributed by atoms with Crippen LogP contribution in [0.15, 0.2) is 36.4 Å². The summed E-state index contributed by atoms with van der Waals surface area (Å²) in [6.45, 7) is 2.24. The third-order valence-corrected chi connectivity index (χ3v) is 3.62. The second-order valence-corrected chi connectivity index (χ2v) is 5.17. The lowest BCUT2D eigenvalue weighted by atomic mass is 10.1. The van der Waals surface area contributed by atoms with Crippen molar-refractivity contribution in [2.24, 2.45) is 0 Å². The number of nitrogens with one attached hydrogen (secondary N) is 1. The summed E-state index contributed by atoms with van der Waals surface area (Å²) < 4.78 is 23.5. The van der Waals surface area contributed by atoms with E-state index in [0.717, 1.165) is 22.4 Å². The van der Waals surface area contributed by atoms with Crippen LogP contribution in [0.1, 0.15) is 16.7 Å². The molecule has 1 amide bonds. The lowest BCUT2D eigenvalue weighted by molar-refractivity contribution is -0.120. The van der Waals surface area contributed by atoms with Crippen molar-refractivity contribution >= 4 is 5.91 Å². The van der Waals surface area contributed by atoms with E-state index in [1.54, 1.807) is 26.4 Å². The second-order valence-electron chi connectivity index (χ2n) is 5.17. The number of carbonyl (C=O) groups excluding carboxylic acids is 1. The second kappa shape index (κ2) is 7.63. The van der Waals surface area contributed by atoms with Gasteiger partial charge in [0.1, 0.15) is 17.3 Å². The molecule has 0 fully saturated rings. The highest BCUT2D eigenvalue weighted by molar-refractivity contribution is 5.79. The first-order valence-electron chi connectivity index (χ1n) is 7.26. The molecule has 0 radical (unpaired) electrons. The van der Waals surface area contributed by atoms with Gasteiger partial charge in [-0.25, -0.2) is 4.39 Å². The third kappa shape index (κ3) is 4.22. The van der Waals surface area contributed by atoms with E-state index in [-0.39, 0.29) is 18.1 Å². The van der Waals surface area contributed by atoms with E-state index in [9.17, 15) is 9.18 Å². The highest BCUT2D eigenvalue weighted by Crippen LogP contribution is 2.31. The lowest BCUT2D eigenvalue weighted by Crippen LogP contribution is -2.24. The van der Waals surface area contributed by atoms with Crippen molar-refractivity contribution in [2.75, 3.05) is 14.2 Å². The van der Waals surface area contributed by atoms with Gasteiger partial charge in [0.2, 0.25) is 5.91 Å². The molecule has 122 valence electrons. The molecule has 2 aromatic rings. The molecule has 1 N–H and O–H groups in total. The van der Waals surface area contributed by atoms with Gasteiger partial charge in [-0.1, -0.05) is 18.2 Å². The Hall–Kier alpha value is -2.56. The molecule has 0 unspecified atom stereocenters. The van der Waals surface area contributed by atoms with Gasteiger partial charge in [0.05, 0.1) is 20.6 Å². The molecule has 0 aliphatic rings. The van der Waals surface area contributed by atoms with E-state index in [1.807, 2.05) is 19.1 Å². The van der Waals surface area contributed by atoms with Crippen LogP contribution in [0, 0.1) is 12.7 Å². The Morgan fingerprint density at radius 2 is 1.78 bits per heavy atom. The van der Waals surface area contributed by atoms with Crippen molar-refractivity contribution < 1.29 is 18.7 Å². The number of hydrogen-bond donors (Lipinski definition) is 1. The predicted octanol–water partition coefficient (Wildman–Crippen LogP) is 3.01. The van der Waals surface area contributed by atoms with Gasteiger partial charge in [-0.3, -0.25) is 4.79 Å². The summed E-state index contributed by atoms with van der Waals surface area (Å²) in [5, 5.41) is 2.82. The largest absolute Gasteiger partial charge is 0.496 e. The molecule has 0 saturated carbocycles. The molecule has 0 aromatic heterocycles. The molecule has 5 heteroatoms. The minimum Gasteiger partial charge on any atom is -0.496 e. The Labute approximate surface area is 135 Å². The van der Waals surface area contributed by atoms with Crippen molar-refractivity contribution in [3.63, 3.8) is 0 Å². The maximum atomic E-state index is 12.8. The first kappa shape index (κ1) is 16.8. The molecule has 0 heterocycles. The van der Waals surface area contributed by atoms with Crippen LogP contribution < -0.4 is 14.8 Å². The third-order valence-electron chi connectivity index (χ3n) is 3.62. The van der Waals surface area contributed by atoms with Crippen molar-refractivity contribution in [1.29, 1.82) is 0 Å². The summed E-state index contributed by atoms with van der Waals surface area (Å²) in [6, 6.07) is 9.68. The minimum atomic E-state index is -0.293. The Balaban J connectivity index is 2.02. The summed E-state index contributed by atoms with van der Waals surface area (Å²) in [6.07, 6.45) is 0.204. The van der Waals surface area contributed by atoms with Crippen LogP contribution in [0.2, 0.25) is 0 Å². The number of methoxy groups -OCH3 is 2. The van der Waals surface area contributed by atoms with Gasteiger partial charge in [0.15, 0.2) is 0 Å². The molecule has 0 bridgehead atoms. The molecule has 0 aliphatic heterocycles. The van der Waals surface area contributed by atoms with E-state index >= 15 is 0 Å². The van der Waals surface area contributed by atoms with Crippen LogP contribution in [0.5, 0.6) is 11.5 Å². The van der Waals surface area contributed by atoms with Crippen LogP contribution in [0.4, 0.5) is 4.39 Å². The van der Waals surface area contributed by atoms with Crippen LogP contribution in [0.3, 0.4) is 0 Å². The smallest absolute Gasteiger partial charge is 0.224 e. The fourth-order valence-corrected chi connectivity index (χ4v) is 2.41. The van der Waals surface area contributed by atoms with Crippen LogP contribution in [0.25, 0.3) is 0 Å². The lowest BCUT2D eigenvalue weighted by Gasteiger charge is -2.14. The van der Waals surface area contributed by atoms with Crippen molar-refractivity contribution in [2.45, 2.75) is 19.9 Å². The standard InChI is InChI=1S/C18H20FNO3/c1-12-16(22-2)9-6-14(18(12)23-3)10-17(21)20-11-13-4-7-15(19)8-5-13/h4-9H,10-11H2,1-3H3,(H,20,21). The highest BCUT2D eigenvalue weighted by atomic mass is 19.1. The van der Waals surface area contributed by atoms with Crippen LogP contribution in [-0.2, 0) is 17.8 Å². The van der Waals surface area contributed by atoms with E-state index < -0.39 is 0 Å². The number of carbonyl (C=O) groups is 1. The minimum absolute atomic E-state index is 0.128. The summed E-state index contributed by atoms with van der Waals surface area (Å²) in [7, 11) is 3.17. The zero-order valence-corrected chi connectivity index (χ0v) is 13.5. The number of hydrogen-bond acceptors (Lipinski definition) is 3. The molecule has 4 nitrogen and oxygen atoms in total. The van der Waals surface area contributed by atoms with Crippen LogP contribution in [-0.4, -0.2) is 20.1 Å². The molecule has 0 aliphatic carbocycles. The van der Waals surface area contributed by atoms with Gasteiger partial charge >= 0.3 is 0 Å². The number of halogens is 1.